The van der Waals surface area contributed by atoms with Crippen LogP contribution in [0.25, 0.3) is 10.6 Å². The molecule has 1 unspecified atom stereocenters. The smallest absolute Gasteiger partial charge is 0.273 e. The molecule has 2 aromatic carbocycles. The number of hydrogen-bond donors (Lipinski definition) is 0. The summed E-state index contributed by atoms with van der Waals surface area (Å²) in [6.45, 7) is 2.33. The van der Waals surface area contributed by atoms with Crippen LogP contribution in [0.1, 0.15) is 34.0 Å². The fourth-order valence-electron chi connectivity index (χ4n) is 3.92. The first-order valence-corrected chi connectivity index (χ1v) is 10.2. The van der Waals surface area contributed by atoms with Crippen LogP contribution in [-0.2, 0) is 6.42 Å². The van der Waals surface area contributed by atoms with Crippen LogP contribution in [0.15, 0.2) is 53.9 Å². The van der Waals surface area contributed by atoms with Crippen molar-refractivity contribution in [2.45, 2.75) is 18.8 Å². The van der Waals surface area contributed by atoms with Gasteiger partial charge in [0.25, 0.3) is 5.91 Å². The van der Waals surface area contributed by atoms with E-state index in [1.807, 2.05) is 40.6 Å². The quantitative estimate of drug-likeness (QED) is 0.681. The van der Waals surface area contributed by atoms with E-state index in [2.05, 4.69) is 23.2 Å². The second kappa shape index (κ2) is 6.82. The molecule has 3 heterocycles. The minimum atomic E-state index is 0.0421. The molecule has 1 aromatic heterocycles. The first-order valence-electron chi connectivity index (χ1n) is 9.34. The monoisotopic (exact) mass is 376 g/mol. The SMILES string of the molecule is O=C(c1csc(-c2ccccc2)n1)N1CCC(c2ccc3c(c2)CCO3)C1. The van der Waals surface area contributed by atoms with E-state index in [-0.39, 0.29) is 5.91 Å². The van der Waals surface area contributed by atoms with Crippen LogP contribution in [0.3, 0.4) is 0 Å². The molecule has 136 valence electrons. The lowest BCUT2D eigenvalue weighted by Crippen LogP contribution is -2.28. The summed E-state index contributed by atoms with van der Waals surface area (Å²) in [5.74, 6) is 1.45. The Morgan fingerprint density at radius 2 is 2.07 bits per heavy atom. The lowest BCUT2D eigenvalue weighted by molar-refractivity contribution is 0.0786. The van der Waals surface area contributed by atoms with Crippen molar-refractivity contribution in [2.24, 2.45) is 0 Å². The number of carbonyl (C=O) groups excluding carboxylic acids is 1. The van der Waals surface area contributed by atoms with Gasteiger partial charge < -0.3 is 9.64 Å². The average Bonchev–Trinajstić information content (AvgIpc) is 3.47. The average molecular weight is 376 g/mol. The second-order valence-electron chi connectivity index (χ2n) is 7.11. The Balaban J connectivity index is 1.30. The van der Waals surface area contributed by atoms with Crippen LogP contribution in [0.2, 0.25) is 0 Å². The van der Waals surface area contributed by atoms with Gasteiger partial charge in [-0.3, -0.25) is 4.79 Å². The summed E-state index contributed by atoms with van der Waals surface area (Å²) < 4.78 is 5.60. The lowest BCUT2D eigenvalue weighted by Gasteiger charge is -2.16. The van der Waals surface area contributed by atoms with Gasteiger partial charge in [0.05, 0.1) is 6.61 Å². The highest BCUT2D eigenvalue weighted by Gasteiger charge is 2.30. The molecule has 0 radical (unpaired) electrons. The number of nitrogens with zero attached hydrogens (tertiary/aromatic N) is 2. The molecule has 2 aliphatic heterocycles. The molecule has 4 nitrogen and oxygen atoms in total. The molecule has 0 spiro atoms. The van der Waals surface area contributed by atoms with E-state index in [1.165, 1.54) is 22.5 Å². The maximum absolute atomic E-state index is 12.9. The number of ether oxygens (including phenoxy) is 1. The van der Waals surface area contributed by atoms with Crippen molar-refractivity contribution in [1.29, 1.82) is 0 Å². The number of hydrogen-bond acceptors (Lipinski definition) is 4. The first-order chi connectivity index (χ1) is 13.3. The van der Waals surface area contributed by atoms with Crippen LogP contribution in [0.5, 0.6) is 5.75 Å². The molecule has 0 saturated carbocycles. The third kappa shape index (κ3) is 3.12. The van der Waals surface area contributed by atoms with Crippen LogP contribution in [0, 0.1) is 0 Å². The van der Waals surface area contributed by atoms with Gasteiger partial charge in [-0.15, -0.1) is 11.3 Å². The van der Waals surface area contributed by atoms with Crippen LogP contribution in [0.4, 0.5) is 0 Å². The van der Waals surface area contributed by atoms with Gasteiger partial charge in [-0.05, 0) is 23.6 Å². The van der Waals surface area contributed by atoms with Crippen molar-refractivity contribution in [1.82, 2.24) is 9.88 Å². The second-order valence-corrected chi connectivity index (χ2v) is 7.96. The molecule has 0 aliphatic carbocycles. The van der Waals surface area contributed by atoms with Crippen molar-refractivity contribution in [3.63, 3.8) is 0 Å². The van der Waals surface area contributed by atoms with Gasteiger partial charge >= 0.3 is 0 Å². The van der Waals surface area contributed by atoms with E-state index in [1.54, 1.807) is 0 Å². The molecular weight excluding hydrogens is 356 g/mol. The van der Waals surface area contributed by atoms with Gasteiger partial charge in [0.15, 0.2) is 0 Å². The van der Waals surface area contributed by atoms with E-state index in [0.717, 1.165) is 48.9 Å². The molecule has 27 heavy (non-hydrogen) atoms. The third-order valence-electron chi connectivity index (χ3n) is 5.40. The van der Waals surface area contributed by atoms with Crippen molar-refractivity contribution < 1.29 is 9.53 Å². The molecule has 3 aromatic rings. The van der Waals surface area contributed by atoms with Gasteiger partial charge in [0, 0.05) is 36.4 Å². The van der Waals surface area contributed by atoms with E-state index < -0.39 is 0 Å². The number of likely N-dealkylation sites (tertiary alicyclic amines) is 1. The highest BCUT2D eigenvalue weighted by atomic mass is 32.1. The molecule has 1 amide bonds. The summed E-state index contributed by atoms with van der Waals surface area (Å²) in [7, 11) is 0. The Kier molecular flexibility index (Phi) is 4.17. The molecule has 0 bridgehead atoms. The molecule has 1 fully saturated rings. The van der Waals surface area contributed by atoms with Crippen molar-refractivity contribution in [2.75, 3.05) is 19.7 Å². The third-order valence-corrected chi connectivity index (χ3v) is 6.30. The van der Waals surface area contributed by atoms with E-state index >= 15 is 0 Å². The van der Waals surface area contributed by atoms with Gasteiger partial charge in [-0.2, -0.15) is 0 Å². The summed E-state index contributed by atoms with van der Waals surface area (Å²) in [6, 6.07) is 16.5. The number of aromatic nitrogens is 1. The number of carbonyl (C=O) groups is 1. The fraction of sp³-hybridized carbons (Fsp3) is 0.273. The normalized spacial score (nSPS) is 18.4. The maximum Gasteiger partial charge on any atom is 0.273 e. The number of amides is 1. The first kappa shape index (κ1) is 16.5. The van der Waals surface area contributed by atoms with Gasteiger partial charge in [-0.1, -0.05) is 42.5 Å². The van der Waals surface area contributed by atoms with Gasteiger partial charge in [0.1, 0.15) is 16.5 Å². The zero-order chi connectivity index (χ0) is 18.2. The molecular formula is C22H20N2O2S. The zero-order valence-electron chi connectivity index (χ0n) is 14.9. The van der Waals surface area contributed by atoms with Crippen LogP contribution < -0.4 is 4.74 Å². The standard InChI is InChI=1S/C22H20N2O2S/c25-22(19-14-27-21(23-19)15-4-2-1-3-5-15)24-10-8-18(13-24)16-6-7-20-17(12-16)9-11-26-20/h1-7,12,14,18H,8-11,13H2. The lowest BCUT2D eigenvalue weighted by atomic mass is 9.96. The summed E-state index contributed by atoms with van der Waals surface area (Å²) in [6.07, 6.45) is 1.99. The molecule has 1 atom stereocenters. The Bertz CT molecular complexity index is 983. The zero-order valence-corrected chi connectivity index (χ0v) is 15.7. The van der Waals surface area contributed by atoms with E-state index in [4.69, 9.17) is 4.74 Å². The molecule has 5 rings (SSSR count). The molecule has 5 heteroatoms. The van der Waals surface area contributed by atoms with Crippen molar-refractivity contribution in [3.05, 3.63) is 70.7 Å². The Morgan fingerprint density at radius 3 is 2.96 bits per heavy atom. The summed E-state index contributed by atoms with van der Waals surface area (Å²) in [5, 5.41) is 2.78. The van der Waals surface area contributed by atoms with E-state index in [9.17, 15) is 4.79 Å². The fourth-order valence-corrected chi connectivity index (χ4v) is 4.72. The number of thiazole rings is 1. The van der Waals surface area contributed by atoms with Crippen molar-refractivity contribution >= 4 is 17.2 Å². The number of fused-ring (bicyclic) bond motifs is 1. The molecule has 0 N–H and O–H groups in total. The summed E-state index contributed by atoms with van der Waals surface area (Å²) in [5.41, 5.74) is 4.23. The van der Waals surface area contributed by atoms with Crippen LogP contribution >= 0.6 is 11.3 Å². The largest absolute Gasteiger partial charge is 0.493 e. The predicted octanol–water partition coefficient (Wildman–Crippen LogP) is 4.37. The van der Waals surface area contributed by atoms with E-state index in [0.29, 0.717) is 11.6 Å². The highest BCUT2D eigenvalue weighted by molar-refractivity contribution is 7.13. The highest BCUT2D eigenvalue weighted by Crippen LogP contribution is 2.33. The predicted molar refractivity (Wildman–Crippen MR) is 106 cm³/mol. The Hall–Kier alpha value is -2.66. The minimum absolute atomic E-state index is 0.0421. The molecule has 1 saturated heterocycles. The topological polar surface area (TPSA) is 42.4 Å². The van der Waals surface area contributed by atoms with Crippen LogP contribution in [-0.4, -0.2) is 35.5 Å². The Morgan fingerprint density at radius 1 is 1.19 bits per heavy atom. The van der Waals surface area contributed by atoms with Crippen molar-refractivity contribution in [3.8, 4) is 16.3 Å². The number of rotatable bonds is 3. The van der Waals surface area contributed by atoms with Gasteiger partial charge in [-0.25, -0.2) is 4.98 Å². The van der Waals surface area contributed by atoms with Gasteiger partial charge in [0.2, 0.25) is 0 Å². The Labute approximate surface area is 162 Å². The molecule has 2 aliphatic rings. The maximum atomic E-state index is 12.9. The summed E-state index contributed by atoms with van der Waals surface area (Å²) in [4.78, 5) is 19.4. The minimum Gasteiger partial charge on any atom is -0.493 e. The number of benzene rings is 2. The summed E-state index contributed by atoms with van der Waals surface area (Å²) >= 11 is 1.53.